The van der Waals surface area contributed by atoms with Crippen LogP contribution in [0.4, 0.5) is 5.69 Å². The molecule has 1 N–H and O–H groups in total. The molecule has 146 valence electrons. The highest BCUT2D eigenvalue weighted by molar-refractivity contribution is 5.93. The minimum atomic E-state index is -0.392. The van der Waals surface area contributed by atoms with Gasteiger partial charge in [0.1, 0.15) is 5.69 Å². The molecule has 0 fully saturated rings. The number of nitrogens with one attached hydrogen (secondary N) is 1. The molecule has 0 saturated heterocycles. The van der Waals surface area contributed by atoms with Crippen molar-refractivity contribution < 1.29 is 18.7 Å². The summed E-state index contributed by atoms with van der Waals surface area (Å²) in [6.07, 6.45) is 0.502. The molecule has 0 spiro atoms. The van der Waals surface area contributed by atoms with Gasteiger partial charge in [0.25, 0.3) is 5.89 Å². The Bertz CT molecular complexity index is 975. The smallest absolute Gasteiger partial charge is 0.338 e. The molecule has 0 radical (unpaired) electrons. The third kappa shape index (κ3) is 4.61. The van der Waals surface area contributed by atoms with Crippen LogP contribution in [0.15, 0.2) is 34.7 Å². The first kappa shape index (κ1) is 19.3. The highest BCUT2D eigenvalue weighted by Gasteiger charge is 2.14. The Hall–Kier alpha value is -3.49. The highest BCUT2D eigenvalue weighted by atomic mass is 16.5. The van der Waals surface area contributed by atoms with E-state index < -0.39 is 5.97 Å². The number of anilines is 1. The number of esters is 1. The first-order chi connectivity index (χ1) is 13.5. The lowest BCUT2D eigenvalue weighted by atomic mass is 10.2. The summed E-state index contributed by atoms with van der Waals surface area (Å²) < 4.78 is 12.2. The van der Waals surface area contributed by atoms with Gasteiger partial charge in [-0.25, -0.2) is 4.79 Å². The SMILES string of the molecule is CCOC(=O)c1ccc(NC(=O)CCc2nnc(-c3cc(C)nn3C)o2)cc1. The van der Waals surface area contributed by atoms with Crippen molar-refractivity contribution in [2.24, 2.45) is 7.05 Å². The number of aromatic nitrogens is 4. The van der Waals surface area contributed by atoms with Crippen LogP contribution in [0.25, 0.3) is 11.6 Å². The molecule has 28 heavy (non-hydrogen) atoms. The molecule has 3 aromatic rings. The van der Waals surface area contributed by atoms with Gasteiger partial charge in [0.2, 0.25) is 11.8 Å². The quantitative estimate of drug-likeness (QED) is 0.624. The fraction of sp³-hybridized carbons (Fsp3) is 0.316. The molecule has 0 aliphatic rings. The van der Waals surface area contributed by atoms with Gasteiger partial charge >= 0.3 is 5.97 Å². The predicted molar refractivity (Wildman–Crippen MR) is 101 cm³/mol. The minimum absolute atomic E-state index is 0.186. The fourth-order valence-electron chi connectivity index (χ4n) is 2.62. The lowest BCUT2D eigenvalue weighted by Crippen LogP contribution is -2.12. The maximum Gasteiger partial charge on any atom is 0.338 e. The monoisotopic (exact) mass is 383 g/mol. The van der Waals surface area contributed by atoms with Crippen molar-refractivity contribution in [1.82, 2.24) is 20.0 Å². The number of benzene rings is 1. The van der Waals surface area contributed by atoms with Crippen molar-refractivity contribution in [2.45, 2.75) is 26.7 Å². The highest BCUT2D eigenvalue weighted by Crippen LogP contribution is 2.19. The minimum Gasteiger partial charge on any atom is -0.462 e. The molecule has 0 bridgehead atoms. The van der Waals surface area contributed by atoms with Crippen LogP contribution in [-0.2, 0) is 23.0 Å². The summed E-state index contributed by atoms with van der Waals surface area (Å²) in [6, 6.07) is 8.37. The second-order valence-electron chi connectivity index (χ2n) is 6.14. The second kappa shape index (κ2) is 8.47. The third-order valence-corrected chi connectivity index (χ3v) is 3.93. The maximum absolute atomic E-state index is 12.1. The zero-order valence-corrected chi connectivity index (χ0v) is 15.9. The molecule has 0 saturated carbocycles. The van der Waals surface area contributed by atoms with Crippen LogP contribution in [-0.4, -0.2) is 38.5 Å². The number of rotatable bonds is 7. The average molecular weight is 383 g/mol. The van der Waals surface area contributed by atoms with Gasteiger partial charge in [0.15, 0.2) is 0 Å². The summed E-state index contributed by atoms with van der Waals surface area (Å²) in [5.41, 5.74) is 2.60. The molecule has 3 rings (SSSR count). The number of ether oxygens (including phenoxy) is 1. The van der Waals surface area contributed by atoms with Gasteiger partial charge in [-0.2, -0.15) is 5.10 Å². The molecule has 9 nitrogen and oxygen atoms in total. The Balaban J connectivity index is 1.53. The molecule has 1 amide bonds. The molecule has 0 aliphatic carbocycles. The van der Waals surface area contributed by atoms with Crippen LogP contribution < -0.4 is 5.32 Å². The van der Waals surface area contributed by atoms with E-state index in [1.807, 2.05) is 13.0 Å². The maximum atomic E-state index is 12.1. The standard InChI is InChI=1S/C19H21N5O4/c1-4-27-19(26)13-5-7-14(8-6-13)20-16(25)9-10-17-21-22-18(28-17)15-11-12(2)23-24(15)3/h5-8,11H,4,9-10H2,1-3H3,(H,20,25). The second-order valence-corrected chi connectivity index (χ2v) is 6.14. The molecular formula is C19H21N5O4. The summed E-state index contributed by atoms with van der Waals surface area (Å²) in [5, 5.41) is 15.0. The lowest BCUT2D eigenvalue weighted by Gasteiger charge is -2.06. The largest absolute Gasteiger partial charge is 0.462 e. The zero-order chi connectivity index (χ0) is 20.1. The van der Waals surface area contributed by atoms with E-state index in [0.29, 0.717) is 36.1 Å². The number of carbonyl (C=O) groups excluding carboxylic acids is 2. The molecule has 0 atom stereocenters. The van der Waals surface area contributed by atoms with Crippen molar-refractivity contribution >= 4 is 17.6 Å². The van der Waals surface area contributed by atoms with E-state index in [9.17, 15) is 9.59 Å². The first-order valence-corrected chi connectivity index (χ1v) is 8.86. The number of hydrogen-bond acceptors (Lipinski definition) is 7. The Labute approximate surface area is 161 Å². The van der Waals surface area contributed by atoms with E-state index >= 15 is 0 Å². The van der Waals surface area contributed by atoms with Crippen molar-refractivity contribution in [3.8, 4) is 11.6 Å². The first-order valence-electron chi connectivity index (χ1n) is 8.86. The van der Waals surface area contributed by atoms with E-state index in [4.69, 9.17) is 9.15 Å². The van der Waals surface area contributed by atoms with Gasteiger partial charge in [0, 0.05) is 25.6 Å². The Morgan fingerprint density at radius 3 is 2.61 bits per heavy atom. The molecule has 0 aliphatic heterocycles. The molecule has 9 heteroatoms. The Morgan fingerprint density at radius 1 is 1.21 bits per heavy atom. The number of hydrogen-bond donors (Lipinski definition) is 1. The van der Waals surface area contributed by atoms with E-state index in [1.165, 1.54) is 0 Å². The number of carbonyl (C=O) groups is 2. The van der Waals surface area contributed by atoms with Crippen molar-refractivity contribution in [2.75, 3.05) is 11.9 Å². The van der Waals surface area contributed by atoms with Crippen LogP contribution in [0.1, 0.15) is 35.3 Å². The molecular weight excluding hydrogens is 362 g/mol. The molecule has 2 heterocycles. The summed E-state index contributed by atoms with van der Waals surface area (Å²) in [7, 11) is 1.80. The summed E-state index contributed by atoms with van der Waals surface area (Å²) >= 11 is 0. The van der Waals surface area contributed by atoms with Crippen molar-refractivity contribution in [3.05, 3.63) is 47.5 Å². The van der Waals surface area contributed by atoms with Gasteiger partial charge < -0.3 is 14.5 Å². The van der Waals surface area contributed by atoms with Crippen LogP contribution in [0.5, 0.6) is 0 Å². The Morgan fingerprint density at radius 2 is 1.96 bits per heavy atom. The Kier molecular flexibility index (Phi) is 5.83. The number of amides is 1. The van der Waals surface area contributed by atoms with Gasteiger partial charge in [-0.1, -0.05) is 0 Å². The lowest BCUT2D eigenvalue weighted by molar-refractivity contribution is -0.116. The van der Waals surface area contributed by atoms with Gasteiger partial charge in [-0.15, -0.1) is 10.2 Å². The van der Waals surface area contributed by atoms with Crippen molar-refractivity contribution in [3.63, 3.8) is 0 Å². The third-order valence-electron chi connectivity index (χ3n) is 3.93. The van der Waals surface area contributed by atoms with Gasteiger partial charge in [-0.3, -0.25) is 9.48 Å². The fourth-order valence-corrected chi connectivity index (χ4v) is 2.62. The zero-order valence-electron chi connectivity index (χ0n) is 15.9. The number of aryl methyl sites for hydroxylation is 3. The molecule has 0 unspecified atom stereocenters. The molecule has 2 aromatic heterocycles. The number of nitrogens with zero attached hydrogens (tertiary/aromatic N) is 4. The normalized spacial score (nSPS) is 10.7. The summed E-state index contributed by atoms with van der Waals surface area (Å²) in [6.45, 7) is 3.94. The van der Waals surface area contributed by atoms with Crippen LogP contribution in [0, 0.1) is 6.92 Å². The van der Waals surface area contributed by atoms with Gasteiger partial charge in [-0.05, 0) is 44.2 Å². The predicted octanol–water partition coefficient (Wildman–Crippen LogP) is 2.53. The van der Waals surface area contributed by atoms with E-state index in [-0.39, 0.29) is 12.3 Å². The molecule has 1 aromatic carbocycles. The summed E-state index contributed by atoms with van der Waals surface area (Å²) in [5.74, 6) is 0.158. The van der Waals surface area contributed by atoms with Gasteiger partial charge in [0.05, 0.1) is 17.9 Å². The topological polar surface area (TPSA) is 112 Å². The van der Waals surface area contributed by atoms with Crippen molar-refractivity contribution in [1.29, 1.82) is 0 Å². The van der Waals surface area contributed by atoms with Crippen LogP contribution in [0.2, 0.25) is 0 Å². The van der Waals surface area contributed by atoms with Crippen LogP contribution in [0.3, 0.4) is 0 Å². The van der Waals surface area contributed by atoms with Crippen LogP contribution >= 0.6 is 0 Å². The summed E-state index contributed by atoms with van der Waals surface area (Å²) in [4.78, 5) is 23.8. The van der Waals surface area contributed by atoms with E-state index in [0.717, 1.165) is 11.4 Å². The van der Waals surface area contributed by atoms with E-state index in [2.05, 4.69) is 20.6 Å². The van der Waals surface area contributed by atoms with E-state index in [1.54, 1.807) is 42.9 Å². The average Bonchev–Trinajstić information content (AvgIpc) is 3.26.